The molecule has 5 aromatic carbocycles. The zero-order chi connectivity index (χ0) is 22.9. The molecule has 1 heterocycles. The van der Waals surface area contributed by atoms with Crippen molar-refractivity contribution in [3.8, 4) is 5.75 Å². The molecule has 1 aliphatic rings. The molecule has 3 unspecified atom stereocenters. The SMILES string of the molecule is O=C(O)C1O[C@@H](Oc2ccc3ccc4c5ccccc5cc5ccc2c3c54)C(O)C(O)[C@H]1O. The van der Waals surface area contributed by atoms with E-state index in [-0.39, 0.29) is 0 Å². The van der Waals surface area contributed by atoms with Crippen molar-refractivity contribution in [2.45, 2.75) is 30.7 Å². The number of fused-ring (bicyclic) bond motifs is 2. The van der Waals surface area contributed by atoms with Gasteiger partial charge in [-0.1, -0.05) is 48.5 Å². The van der Waals surface area contributed by atoms with Gasteiger partial charge in [0.1, 0.15) is 24.1 Å². The minimum absolute atomic E-state index is 0.377. The van der Waals surface area contributed by atoms with Crippen LogP contribution in [0.4, 0.5) is 0 Å². The first kappa shape index (κ1) is 20.1. The Kier molecular flexibility index (Phi) is 4.43. The lowest BCUT2D eigenvalue weighted by Gasteiger charge is -2.38. The number of hydrogen-bond donors (Lipinski definition) is 4. The summed E-state index contributed by atoms with van der Waals surface area (Å²) in [4.78, 5) is 11.4. The molecule has 1 saturated heterocycles. The Hall–Kier alpha value is -3.49. The maximum Gasteiger partial charge on any atom is 0.335 e. The second-order valence-electron chi connectivity index (χ2n) is 8.44. The number of carbonyl (C=O) groups is 1. The third-order valence-corrected chi connectivity index (χ3v) is 6.52. The molecule has 0 aliphatic carbocycles. The largest absolute Gasteiger partial charge is 0.479 e. The average molecular weight is 444 g/mol. The summed E-state index contributed by atoms with van der Waals surface area (Å²) < 4.78 is 11.2. The molecule has 1 fully saturated rings. The number of aliphatic carboxylic acids is 1. The number of aliphatic hydroxyl groups excluding tert-OH is 3. The molecule has 5 atom stereocenters. The van der Waals surface area contributed by atoms with E-state index in [4.69, 9.17) is 9.47 Å². The molecule has 0 bridgehead atoms. The van der Waals surface area contributed by atoms with Crippen LogP contribution in [0.3, 0.4) is 0 Å². The number of benzene rings is 5. The topological polar surface area (TPSA) is 116 Å². The Morgan fingerprint density at radius 1 is 0.727 bits per heavy atom. The second-order valence-corrected chi connectivity index (χ2v) is 8.44. The zero-order valence-electron chi connectivity index (χ0n) is 17.3. The number of carboxylic acid groups (broad SMARTS) is 1. The standard InChI is InChI=1S/C26H20O7/c27-21-22(28)24(25(30)31)33-26(23(21)29)32-18-10-7-12-5-8-16-15-4-2-1-3-13(15)11-14-6-9-17(18)19(12)20(14)16/h1-11,21-24,26-29H,(H,30,31)/t21?,22-,23?,24?,26-/m1/s1. The number of ether oxygens (including phenoxy) is 2. The van der Waals surface area contributed by atoms with Gasteiger partial charge in [0.25, 0.3) is 0 Å². The first-order valence-corrected chi connectivity index (χ1v) is 10.6. The van der Waals surface area contributed by atoms with Crippen molar-refractivity contribution in [1.82, 2.24) is 0 Å². The van der Waals surface area contributed by atoms with E-state index >= 15 is 0 Å². The summed E-state index contributed by atoms with van der Waals surface area (Å²) in [5, 5.41) is 48.1. The van der Waals surface area contributed by atoms with E-state index in [0.29, 0.717) is 5.75 Å². The van der Waals surface area contributed by atoms with Crippen LogP contribution in [-0.2, 0) is 9.53 Å². The molecular weight excluding hydrogens is 424 g/mol. The molecule has 7 heteroatoms. The van der Waals surface area contributed by atoms with E-state index in [0.717, 1.165) is 43.1 Å². The number of rotatable bonds is 3. The second kappa shape index (κ2) is 7.26. The van der Waals surface area contributed by atoms with Crippen LogP contribution in [0, 0.1) is 0 Å². The molecule has 0 saturated carbocycles. The molecular formula is C26H20O7. The highest BCUT2D eigenvalue weighted by Gasteiger charge is 2.48. The van der Waals surface area contributed by atoms with Gasteiger partial charge in [0.2, 0.25) is 6.29 Å². The Bertz CT molecular complexity index is 1530. The van der Waals surface area contributed by atoms with Gasteiger partial charge in [-0.3, -0.25) is 0 Å². The normalized spacial score (nSPS) is 25.8. The summed E-state index contributed by atoms with van der Waals surface area (Å²) in [6.07, 6.45) is -8.32. The van der Waals surface area contributed by atoms with Gasteiger partial charge < -0.3 is 29.9 Å². The fourth-order valence-corrected chi connectivity index (χ4v) is 4.91. The molecule has 4 N–H and O–H groups in total. The van der Waals surface area contributed by atoms with Gasteiger partial charge in [-0.15, -0.1) is 0 Å². The van der Waals surface area contributed by atoms with Crippen LogP contribution in [0.15, 0.2) is 66.7 Å². The Morgan fingerprint density at radius 3 is 2.24 bits per heavy atom. The lowest BCUT2D eigenvalue weighted by molar-refractivity contribution is -0.270. The van der Waals surface area contributed by atoms with Crippen LogP contribution in [-0.4, -0.2) is 57.1 Å². The predicted octanol–water partition coefficient (Wildman–Crippen LogP) is 3.01. The van der Waals surface area contributed by atoms with E-state index in [9.17, 15) is 25.2 Å². The molecule has 7 nitrogen and oxygen atoms in total. The molecule has 5 aromatic rings. The van der Waals surface area contributed by atoms with Gasteiger partial charge in [0.15, 0.2) is 6.10 Å². The summed E-state index contributed by atoms with van der Waals surface area (Å²) in [6, 6.07) is 22.0. The fourth-order valence-electron chi connectivity index (χ4n) is 4.91. The molecule has 0 aromatic heterocycles. The Balaban J connectivity index is 1.51. The minimum Gasteiger partial charge on any atom is -0.479 e. The van der Waals surface area contributed by atoms with Gasteiger partial charge in [0.05, 0.1) is 0 Å². The van der Waals surface area contributed by atoms with Crippen LogP contribution < -0.4 is 4.74 Å². The van der Waals surface area contributed by atoms with Crippen molar-refractivity contribution < 1.29 is 34.7 Å². The number of aliphatic hydroxyl groups is 3. The van der Waals surface area contributed by atoms with E-state index in [1.54, 1.807) is 6.07 Å². The third kappa shape index (κ3) is 2.94. The average Bonchev–Trinajstić information content (AvgIpc) is 2.82. The van der Waals surface area contributed by atoms with Gasteiger partial charge >= 0.3 is 5.97 Å². The summed E-state index contributed by atoms with van der Waals surface area (Å²) in [7, 11) is 0. The van der Waals surface area contributed by atoms with Crippen LogP contribution >= 0.6 is 0 Å². The summed E-state index contributed by atoms with van der Waals surface area (Å²) >= 11 is 0. The van der Waals surface area contributed by atoms with E-state index in [1.165, 1.54) is 0 Å². The highest BCUT2D eigenvalue weighted by Crippen LogP contribution is 2.42. The summed E-state index contributed by atoms with van der Waals surface area (Å²) in [5.74, 6) is -1.08. The van der Waals surface area contributed by atoms with Crippen molar-refractivity contribution in [2.24, 2.45) is 0 Å². The first-order chi connectivity index (χ1) is 15.9. The summed E-state index contributed by atoms with van der Waals surface area (Å²) in [6.45, 7) is 0. The van der Waals surface area contributed by atoms with Gasteiger partial charge in [-0.2, -0.15) is 0 Å². The lowest BCUT2D eigenvalue weighted by Crippen LogP contribution is -2.61. The molecule has 1 aliphatic heterocycles. The maximum atomic E-state index is 11.4. The van der Waals surface area contributed by atoms with Crippen LogP contribution in [0.1, 0.15) is 0 Å². The van der Waals surface area contributed by atoms with Gasteiger partial charge in [-0.25, -0.2) is 4.79 Å². The molecule has 0 spiro atoms. The van der Waals surface area contributed by atoms with Gasteiger partial charge in [0, 0.05) is 10.8 Å². The highest BCUT2D eigenvalue weighted by molar-refractivity contribution is 6.29. The predicted molar refractivity (Wildman–Crippen MR) is 123 cm³/mol. The van der Waals surface area contributed by atoms with Crippen molar-refractivity contribution in [2.75, 3.05) is 0 Å². The Morgan fingerprint density at radius 2 is 1.42 bits per heavy atom. The van der Waals surface area contributed by atoms with Crippen molar-refractivity contribution in [3.63, 3.8) is 0 Å². The molecule has 33 heavy (non-hydrogen) atoms. The monoisotopic (exact) mass is 444 g/mol. The van der Waals surface area contributed by atoms with E-state index in [1.807, 2.05) is 36.4 Å². The third-order valence-electron chi connectivity index (χ3n) is 6.52. The fraction of sp³-hybridized carbons (Fsp3) is 0.192. The van der Waals surface area contributed by atoms with Crippen molar-refractivity contribution >= 4 is 49.1 Å². The Labute approximate surface area is 187 Å². The van der Waals surface area contributed by atoms with Gasteiger partial charge in [-0.05, 0) is 50.5 Å². The molecule has 166 valence electrons. The molecule has 0 amide bonds. The first-order valence-electron chi connectivity index (χ1n) is 10.6. The summed E-state index contributed by atoms with van der Waals surface area (Å²) in [5.41, 5.74) is 0. The van der Waals surface area contributed by atoms with Crippen molar-refractivity contribution in [3.05, 3.63) is 66.7 Å². The minimum atomic E-state index is -1.77. The molecule has 6 rings (SSSR count). The highest BCUT2D eigenvalue weighted by atomic mass is 16.7. The van der Waals surface area contributed by atoms with E-state index < -0.39 is 36.7 Å². The molecule has 0 radical (unpaired) electrons. The zero-order valence-corrected chi connectivity index (χ0v) is 17.3. The number of carboxylic acids is 1. The lowest BCUT2D eigenvalue weighted by atomic mass is 9.91. The smallest absolute Gasteiger partial charge is 0.335 e. The van der Waals surface area contributed by atoms with Crippen LogP contribution in [0.5, 0.6) is 5.75 Å². The quantitative estimate of drug-likeness (QED) is 0.250. The number of hydrogen-bond acceptors (Lipinski definition) is 6. The van der Waals surface area contributed by atoms with Crippen LogP contribution in [0.2, 0.25) is 0 Å². The maximum absolute atomic E-state index is 11.4. The van der Waals surface area contributed by atoms with Crippen molar-refractivity contribution in [1.29, 1.82) is 0 Å². The van der Waals surface area contributed by atoms with E-state index in [2.05, 4.69) is 24.3 Å². The van der Waals surface area contributed by atoms with Crippen LogP contribution in [0.25, 0.3) is 43.1 Å².